The highest BCUT2D eigenvalue weighted by Crippen LogP contribution is 2.07. The lowest BCUT2D eigenvalue weighted by atomic mass is 10.1. The van der Waals surface area contributed by atoms with Gasteiger partial charge >= 0.3 is 5.97 Å². The van der Waals surface area contributed by atoms with Gasteiger partial charge in [0.15, 0.2) is 0 Å². The van der Waals surface area contributed by atoms with Crippen LogP contribution in [0.4, 0.5) is 0 Å². The lowest BCUT2D eigenvalue weighted by Gasteiger charge is -2.21. The molecule has 0 saturated heterocycles. The number of carboxylic acids is 1. The minimum Gasteiger partial charge on any atom is -0.480 e. The third-order valence-electron chi connectivity index (χ3n) is 2.71. The van der Waals surface area contributed by atoms with Gasteiger partial charge in [0.25, 0.3) is 0 Å². The second-order valence-corrected chi connectivity index (χ2v) is 4.09. The van der Waals surface area contributed by atoms with Gasteiger partial charge in [-0.3, -0.25) is 4.79 Å². The molecule has 0 heterocycles. The maximum Gasteiger partial charge on any atom is 0.320 e. The van der Waals surface area contributed by atoms with Crippen LogP contribution in [0.2, 0.25) is 0 Å². The second kappa shape index (κ2) is 8.72. The van der Waals surface area contributed by atoms with Gasteiger partial charge in [-0.05, 0) is 19.3 Å². The molecular formula is C12H25NO2. The van der Waals surface area contributed by atoms with Crippen LogP contribution in [0.5, 0.6) is 0 Å². The van der Waals surface area contributed by atoms with Gasteiger partial charge in [-0.1, -0.05) is 40.0 Å². The molecule has 2 atom stereocenters. The number of nitrogens with one attached hydrogen (secondary N) is 1. The second-order valence-electron chi connectivity index (χ2n) is 4.09. The highest BCUT2D eigenvalue weighted by molar-refractivity contribution is 5.73. The molecule has 0 rings (SSSR count). The lowest BCUT2D eigenvalue weighted by molar-refractivity contribution is -0.140. The molecule has 0 aromatic heterocycles. The monoisotopic (exact) mass is 215 g/mol. The van der Waals surface area contributed by atoms with Gasteiger partial charge in [-0.2, -0.15) is 0 Å². The maximum absolute atomic E-state index is 11.0. The Morgan fingerprint density at radius 1 is 1.20 bits per heavy atom. The summed E-state index contributed by atoms with van der Waals surface area (Å²) in [5.74, 6) is -0.710. The lowest BCUT2D eigenvalue weighted by Crippen LogP contribution is -2.43. The number of aliphatic carboxylic acids is 1. The van der Waals surface area contributed by atoms with Gasteiger partial charge in [-0.25, -0.2) is 0 Å². The number of hydrogen-bond acceptors (Lipinski definition) is 2. The molecular weight excluding hydrogens is 190 g/mol. The predicted octanol–water partition coefficient (Wildman–Crippen LogP) is 2.80. The first-order chi connectivity index (χ1) is 7.15. The summed E-state index contributed by atoms with van der Waals surface area (Å²) < 4.78 is 0. The molecule has 0 saturated carbocycles. The van der Waals surface area contributed by atoms with Crippen LogP contribution in [-0.2, 0) is 4.79 Å². The zero-order valence-electron chi connectivity index (χ0n) is 10.3. The van der Waals surface area contributed by atoms with Crippen molar-refractivity contribution in [1.29, 1.82) is 0 Å². The summed E-state index contributed by atoms with van der Waals surface area (Å²) in [4.78, 5) is 11.0. The SMILES string of the molecule is CCCCC(NC(CC)CCC)C(=O)O. The summed E-state index contributed by atoms with van der Waals surface area (Å²) in [7, 11) is 0. The van der Waals surface area contributed by atoms with Crippen molar-refractivity contribution in [3.8, 4) is 0 Å². The summed E-state index contributed by atoms with van der Waals surface area (Å²) in [5, 5.41) is 12.3. The van der Waals surface area contributed by atoms with Gasteiger partial charge in [0.05, 0.1) is 0 Å². The fourth-order valence-corrected chi connectivity index (χ4v) is 1.72. The average Bonchev–Trinajstić information content (AvgIpc) is 2.22. The number of hydrogen-bond donors (Lipinski definition) is 2. The van der Waals surface area contributed by atoms with Crippen molar-refractivity contribution >= 4 is 5.97 Å². The minimum absolute atomic E-state index is 0.355. The molecule has 0 spiro atoms. The first kappa shape index (κ1) is 14.4. The Morgan fingerprint density at radius 2 is 1.87 bits per heavy atom. The van der Waals surface area contributed by atoms with E-state index in [0.717, 1.165) is 38.5 Å². The van der Waals surface area contributed by atoms with Gasteiger partial charge in [0.2, 0.25) is 0 Å². The summed E-state index contributed by atoms with van der Waals surface area (Å²) in [6, 6.07) is -0.00518. The summed E-state index contributed by atoms with van der Waals surface area (Å²) in [6.07, 6.45) is 5.94. The molecule has 0 aromatic rings. The molecule has 90 valence electrons. The Labute approximate surface area is 93.3 Å². The quantitative estimate of drug-likeness (QED) is 0.622. The van der Waals surface area contributed by atoms with Crippen molar-refractivity contribution in [2.45, 2.75) is 71.4 Å². The number of carboxylic acid groups (broad SMARTS) is 1. The molecule has 0 aromatic carbocycles. The van der Waals surface area contributed by atoms with E-state index in [0.29, 0.717) is 6.04 Å². The van der Waals surface area contributed by atoms with Gasteiger partial charge in [0.1, 0.15) is 6.04 Å². The van der Waals surface area contributed by atoms with E-state index in [4.69, 9.17) is 5.11 Å². The first-order valence-corrected chi connectivity index (χ1v) is 6.14. The van der Waals surface area contributed by atoms with Crippen LogP contribution in [0.15, 0.2) is 0 Å². The standard InChI is InChI=1S/C12H25NO2/c1-4-7-9-11(12(14)15)13-10(6-3)8-5-2/h10-11,13H,4-9H2,1-3H3,(H,14,15). The topological polar surface area (TPSA) is 49.3 Å². The highest BCUT2D eigenvalue weighted by Gasteiger charge is 2.19. The molecule has 3 heteroatoms. The number of carbonyl (C=O) groups is 1. The zero-order chi connectivity index (χ0) is 11.7. The highest BCUT2D eigenvalue weighted by atomic mass is 16.4. The molecule has 0 fully saturated rings. The van der Waals surface area contributed by atoms with Crippen molar-refractivity contribution in [1.82, 2.24) is 5.32 Å². The van der Waals surface area contributed by atoms with E-state index in [1.807, 2.05) is 0 Å². The van der Waals surface area contributed by atoms with Crippen molar-refractivity contribution in [2.24, 2.45) is 0 Å². The van der Waals surface area contributed by atoms with Gasteiger partial charge < -0.3 is 10.4 Å². The summed E-state index contributed by atoms with van der Waals surface area (Å²) >= 11 is 0. The van der Waals surface area contributed by atoms with Gasteiger partial charge in [0, 0.05) is 6.04 Å². The summed E-state index contributed by atoms with van der Waals surface area (Å²) in [5.41, 5.74) is 0. The van der Waals surface area contributed by atoms with Crippen molar-refractivity contribution in [2.75, 3.05) is 0 Å². The Bertz CT molecular complexity index is 171. The summed E-state index contributed by atoms with van der Waals surface area (Å²) in [6.45, 7) is 6.32. The molecule has 0 aliphatic heterocycles. The molecule has 0 aliphatic rings. The smallest absolute Gasteiger partial charge is 0.320 e. The molecule has 3 nitrogen and oxygen atoms in total. The minimum atomic E-state index is -0.710. The maximum atomic E-state index is 11.0. The fraction of sp³-hybridized carbons (Fsp3) is 0.917. The third kappa shape index (κ3) is 6.50. The van der Waals surface area contributed by atoms with E-state index < -0.39 is 5.97 Å². The van der Waals surface area contributed by atoms with Crippen LogP contribution >= 0.6 is 0 Å². The largest absolute Gasteiger partial charge is 0.480 e. The Hall–Kier alpha value is -0.570. The molecule has 0 aliphatic carbocycles. The van der Waals surface area contributed by atoms with Crippen LogP contribution in [-0.4, -0.2) is 23.2 Å². The van der Waals surface area contributed by atoms with Crippen molar-refractivity contribution in [3.05, 3.63) is 0 Å². The van der Waals surface area contributed by atoms with E-state index >= 15 is 0 Å². The Morgan fingerprint density at radius 3 is 2.27 bits per heavy atom. The van der Waals surface area contributed by atoms with E-state index in [1.165, 1.54) is 0 Å². The van der Waals surface area contributed by atoms with Crippen LogP contribution in [0.3, 0.4) is 0 Å². The molecule has 2 unspecified atom stereocenters. The molecule has 0 radical (unpaired) electrons. The first-order valence-electron chi connectivity index (χ1n) is 6.14. The number of rotatable bonds is 9. The van der Waals surface area contributed by atoms with Crippen LogP contribution in [0.1, 0.15) is 59.3 Å². The normalized spacial score (nSPS) is 14.9. The molecule has 0 amide bonds. The number of unbranched alkanes of at least 4 members (excludes halogenated alkanes) is 1. The van der Waals surface area contributed by atoms with Crippen LogP contribution in [0.25, 0.3) is 0 Å². The molecule has 2 N–H and O–H groups in total. The zero-order valence-corrected chi connectivity index (χ0v) is 10.3. The molecule has 0 bridgehead atoms. The van der Waals surface area contributed by atoms with E-state index in [9.17, 15) is 4.79 Å². The van der Waals surface area contributed by atoms with Crippen LogP contribution in [0, 0.1) is 0 Å². The molecule has 15 heavy (non-hydrogen) atoms. The van der Waals surface area contributed by atoms with E-state index in [-0.39, 0.29) is 6.04 Å². The average molecular weight is 215 g/mol. The van der Waals surface area contributed by atoms with E-state index in [1.54, 1.807) is 0 Å². The van der Waals surface area contributed by atoms with E-state index in [2.05, 4.69) is 26.1 Å². The Balaban J connectivity index is 4.06. The fourth-order valence-electron chi connectivity index (χ4n) is 1.72. The predicted molar refractivity (Wildman–Crippen MR) is 63.1 cm³/mol. The van der Waals surface area contributed by atoms with Crippen molar-refractivity contribution < 1.29 is 9.90 Å². The van der Waals surface area contributed by atoms with Gasteiger partial charge in [-0.15, -0.1) is 0 Å². The third-order valence-corrected chi connectivity index (χ3v) is 2.71. The Kier molecular flexibility index (Phi) is 8.38. The van der Waals surface area contributed by atoms with Crippen molar-refractivity contribution in [3.63, 3.8) is 0 Å². The van der Waals surface area contributed by atoms with Crippen LogP contribution < -0.4 is 5.32 Å².